The highest BCUT2D eigenvalue weighted by atomic mass is 16.3. The van der Waals surface area contributed by atoms with Gasteiger partial charge in [0, 0.05) is 27.5 Å². The van der Waals surface area contributed by atoms with Crippen molar-refractivity contribution in [3.63, 3.8) is 0 Å². The minimum atomic E-state index is 0.860. The largest absolute Gasteiger partial charge is 0.456 e. The van der Waals surface area contributed by atoms with E-state index in [9.17, 15) is 0 Å². The molecule has 3 nitrogen and oxygen atoms in total. The molecule has 11 aromatic rings. The number of hydrogen-bond acceptors (Lipinski definition) is 3. The van der Waals surface area contributed by atoms with Gasteiger partial charge in [0.25, 0.3) is 0 Å². The Morgan fingerprint density at radius 3 is 1.68 bits per heavy atom. The van der Waals surface area contributed by atoms with E-state index in [1.54, 1.807) is 0 Å². The maximum absolute atomic E-state index is 6.40. The molecular formula is C50H31NO2. The van der Waals surface area contributed by atoms with E-state index in [1.807, 2.05) is 24.3 Å². The SMILES string of the molecule is c1cc(-c2cccc3oc4ccccc4c23)cc(N(c2ccc(-c3cc4ccccc4c4ccccc34)cc2)c2cccc3oc4ccccc4c23)c1. The topological polar surface area (TPSA) is 29.5 Å². The van der Waals surface area contributed by atoms with Crippen LogP contribution in [0.15, 0.2) is 197 Å². The quantitative estimate of drug-likeness (QED) is 0.170. The molecule has 0 fully saturated rings. The van der Waals surface area contributed by atoms with Gasteiger partial charge in [0.15, 0.2) is 0 Å². The van der Waals surface area contributed by atoms with Crippen molar-refractivity contribution < 1.29 is 8.83 Å². The summed E-state index contributed by atoms with van der Waals surface area (Å²) in [5.41, 5.74) is 11.3. The van der Waals surface area contributed by atoms with Crippen LogP contribution >= 0.6 is 0 Å². The number of nitrogens with zero attached hydrogens (tertiary/aromatic N) is 1. The number of benzene rings is 9. The lowest BCUT2D eigenvalue weighted by Gasteiger charge is -2.27. The second kappa shape index (κ2) is 11.7. The van der Waals surface area contributed by atoms with Crippen LogP contribution in [0.4, 0.5) is 17.1 Å². The average molecular weight is 678 g/mol. The third-order valence-electron chi connectivity index (χ3n) is 10.6. The third-order valence-corrected chi connectivity index (χ3v) is 10.6. The second-order valence-corrected chi connectivity index (χ2v) is 13.6. The Kier molecular flexibility index (Phi) is 6.55. The molecule has 9 aromatic carbocycles. The summed E-state index contributed by atoms with van der Waals surface area (Å²) in [5, 5.41) is 9.44. The van der Waals surface area contributed by atoms with Gasteiger partial charge in [-0.25, -0.2) is 0 Å². The lowest BCUT2D eigenvalue weighted by molar-refractivity contribution is 0.668. The van der Waals surface area contributed by atoms with Crippen molar-refractivity contribution in [2.75, 3.05) is 4.90 Å². The predicted octanol–water partition coefficient (Wildman–Crippen LogP) is 14.6. The van der Waals surface area contributed by atoms with Crippen molar-refractivity contribution in [3.05, 3.63) is 188 Å². The first-order chi connectivity index (χ1) is 26.3. The van der Waals surface area contributed by atoms with E-state index in [2.05, 4.69) is 169 Å². The number of hydrogen-bond donors (Lipinski definition) is 0. The normalized spacial score (nSPS) is 11.8. The molecule has 0 saturated carbocycles. The maximum Gasteiger partial charge on any atom is 0.137 e. The summed E-state index contributed by atoms with van der Waals surface area (Å²) in [4.78, 5) is 2.36. The summed E-state index contributed by atoms with van der Waals surface area (Å²) in [6, 6.07) is 66.8. The Morgan fingerprint density at radius 1 is 0.321 bits per heavy atom. The van der Waals surface area contributed by atoms with Gasteiger partial charge in [-0.05, 0) is 104 Å². The molecule has 0 atom stereocenters. The summed E-state index contributed by atoms with van der Waals surface area (Å²) < 4.78 is 12.7. The summed E-state index contributed by atoms with van der Waals surface area (Å²) in [5.74, 6) is 0. The summed E-state index contributed by atoms with van der Waals surface area (Å²) in [6.45, 7) is 0. The monoisotopic (exact) mass is 677 g/mol. The maximum atomic E-state index is 6.40. The second-order valence-electron chi connectivity index (χ2n) is 13.6. The van der Waals surface area contributed by atoms with Crippen molar-refractivity contribution in [2.45, 2.75) is 0 Å². The molecule has 0 spiro atoms. The molecule has 0 N–H and O–H groups in total. The molecule has 0 bridgehead atoms. The number of anilines is 3. The molecule has 248 valence electrons. The highest BCUT2D eigenvalue weighted by Crippen LogP contribution is 2.45. The van der Waals surface area contributed by atoms with Gasteiger partial charge >= 0.3 is 0 Å². The van der Waals surface area contributed by atoms with Gasteiger partial charge in [0.2, 0.25) is 0 Å². The van der Waals surface area contributed by atoms with Crippen LogP contribution in [0, 0.1) is 0 Å². The molecule has 53 heavy (non-hydrogen) atoms. The molecule has 11 rings (SSSR count). The summed E-state index contributed by atoms with van der Waals surface area (Å²) >= 11 is 0. The van der Waals surface area contributed by atoms with Gasteiger partial charge < -0.3 is 13.7 Å². The molecule has 2 heterocycles. The summed E-state index contributed by atoms with van der Waals surface area (Å²) in [7, 11) is 0. The molecule has 0 aliphatic heterocycles. The first kappa shape index (κ1) is 29.6. The highest BCUT2D eigenvalue weighted by molar-refractivity contribution is 6.16. The average Bonchev–Trinajstić information content (AvgIpc) is 3.80. The van der Waals surface area contributed by atoms with Crippen molar-refractivity contribution >= 4 is 82.5 Å². The van der Waals surface area contributed by atoms with Crippen LogP contribution in [-0.4, -0.2) is 0 Å². The van der Waals surface area contributed by atoms with Crippen LogP contribution in [-0.2, 0) is 0 Å². The Morgan fingerprint density at radius 2 is 0.906 bits per heavy atom. The van der Waals surface area contributed by atoms with E-state index < -0.39 is 0 Å². The molecule has 0 saturated heterocycles. The number of para-hydroxylation sites is 2. The van der Waals surface area contributed by atoms with Crippen molar-refractivity contribution in [3.8, 4) is 22.3 Å². The fraction of sp³-hybridized carbons (Fsp3) is 0. The van der Waals surface area contributed by atoms with E-state index in [4.69, 9.17) is 8.83 Å². The zero-order chi connectivity index (χ0) is 34.9. The minimum Gasteiger partial charge on any atom is -0.456 e. The number of furan rings is 2. The minimum absolute atomic E-state index is 0.860. The van der Waals surface area contributed by atoms with E-state index in [1.165, 1.54) is 32.7 Å². The third kappa shape index (κ3) is 4.68. The number of fused-ring (bicyclic) bond motifs is 9. The first-order valence-electron chi connectivity index (χ1n) is 18.0. The van der Waals surface area contributed by atoms with Crippen molar-refractivity contribution in [2.24, 2.45) is 0 Å². The molecule has 3 heteroatoms. The van der Waals surface area contributed by atoms with E-state index in [-0.39, 0.29) is 0 Å². The molecule has 0 radical (unpaired) electrons. The van der Waals surface area contributed by atoms with E-state index >= 15 is 0 Å². The Hall–Kier alpha value is -7.10. The van der Waals surface area contributed by atoms with Crippen LogP contribution in [0.1, 0.15) is 0 Å². The van der Waals surface area contributed by atoms with Crippen LogP contribution in [0.3, 0.4) is 0 Å². The Bertz CT molecular complexity index is 3180. The molecular weight excluding hydrogens is 647 g/mol. The zero-order valence-electron chi connectivity index (χ0n) is 28.7. The van der Waals surface area contributed by atoms with E-state index in [0.29, 0.717) is 0 Å². The Labute approximate surface area is 305 Å². The van der Waals surface area contributed by atoms with Crippen molar-refractivity contribution in [1.82, 2.24) is 0 Å². The van der Waals surface area contributed by atoms with Gasteiger partial charge in [-0.2, -0.15) is 0 Å². The van der Waals surface area contributed by atoms with Gasteiger partial charge in [-0.15, -0.1) is 0 Å². The standard InChI is InChI=1S/C50H31NO2/c1-2-15-37-34(12-1)31-43(40-17-4-3-16-39(37)40)32-26-28-35(29-27-32)51(44-21-11-25-48-50(44)42-19-6-8-23-46(42)53-48)36-14-9-13-33(30-36)38-20-10-24-47-49(38)41-18-5-7-22-45(41)52-47/h1-31H. The van der Waals surface area contributed by atoms with Gasteiger partial charge in [0.05, 0.1) is 11.1 Å². The molecule has 0 aliphatic carbocycles. The molecule has 0 unspecified atom stereocenters. The molecule has 0 aliphatic rings. The number of rotatable bonds is 5. The fourth-order valence-corrected chi connectivity index (χ4v) is 8.28. The fourth-order valence-electron chi connectivity index (χ4n) is 8.28. The van der Waals surface area contributed by atoms with Gasteiger partial charge in [-0.1, -0.05) is 127 Å². The zero-order valence-corrected chi connectivity index (χ0v) is 28.7. The van der Waals surface area contributed by atoms with Gasteiger partial charge in [0.1, 0.15) is 22.3 Å². The molecule has 2 aromatic heterocycles. The smallest absolute Gasteiger partial charge is 0.137 e. The van der Waals surface area contributed by atoms with Crippen molar-refractivity contribution in [1.29, 1.82) is 0 Å². The van der Waals surface area contributed by atoms with Gasteiger partial charge in [-0.3, -0.25) is 0 Å². The Balaban J connectivity index is 1.12. The molecule has 0 amide bonds. The highest BCUT2D eigenvalue weighted by Gasteiger charge is 2.21. The van der Waals surface area contributed by atoms with Crippen LogP contribution < -0.4 is 4.90 Å². The van der Waals surface area contributed by atoms with Crippen LogP contribution in [0.5, 0.6) is 0 Å². The van der Waals surface area contributed by atoms with E-state index in [0.717, 1.165) is 72.1 Å². The lowest BCUT2D eigenvalue weighted by atomic mass is 9.93. The first-order valence-corrected chi connectivity index (χ1v) is 18.0. The van der Waals surface area contributed by atoms with Crippen LogP contribution in [0.25, 0.3) is 87.7 Å². The summed E-state index contributed by atoms with van der Waals surface area (Å²) in [6.07, 6.45) is 0. The van der Waals surface area contributed by atoms with Crippen LogP contribution in [0.2, 0.25) is 0 Å². The predicted molar refractivity (Wildman–Crippen MR) is 222 cm³/mol. The lowest BCUT2D eigenvalue weighted by Crippen LogP contribution is -2.10.